The fraction of sp³-hybridized carbons (Fsp3) is 0.556. The average molecular weight is 222 g/mol. The maximum absolute atomic E-state index is 5.74. The van der Waals surface area contributed by atoms with E-state index in [0.29, 0.717) is 24.1 Å². The number of anilines is 1. The van der Waals surface area contributed by atoms with E-state index in [4.69, 9.17) is 10.3 Å². The van der Waals surface area contributed by atoms with Crippen molar-refractivity contribution >= 4 is 5.82 Å². The number of aryl methyl sites for hydroxylation is 1. The Morgan fingerprint density at radius 1 is 1.44 bits per heavy atom. The van der Waals surface area contributed by atoms with Crippen LogP contribution < -0.4 is 5.73 Å². The van der Waals surface area contributed by atoms with Crippen LogP contribution in [-0.4, -0.2) is 25.1 Å². The van der Waals surface area contributed by atoms with E-state index in [-0.39, 0.29) is 5.92 Å². The van der Waals surface area contributed by atoms with E-state index in [1.807, 2.05) is 13.8 Å². The lowest BCUT2D eigenvalue weighted by Gasteiger charge is -2.06. The maximum Gasteiger partial charge on any atom is 0.248 e. The van der Waals surface area contributed by atoms with Gasteiger partial charge in [-0.3, -0.25) is 0 Å². The van der Waals surface area contributed by atoms with E-state index in [2.05, 4.69) is 20.5 Å². The number of nitrogen functional groups attached to an aromatic ring is 1. The van der Waals surface area contributed by atoms with Gasteiger partial charge in [-0.2, -0.15) is 4.98 Å². The summed E-state index contributed by atoms with van der Waals surface area (Å²) in [5, 5.41) is 11.5. The third-order valence-electron chi connectivity index (χ3n) is 2.20. The van der Waals surface area contributed by atoms with Crippen LogP contribution in [0.2, 0.25) is 0 Å². The van der Waals surface area contributed by atoms with Gasteiger partial charge >= 0.3 is 0 Å². The number of hydrogen-bond donors (Lipinski definition) is 1. The van der Waals surface area contributed by atoms with Crippen LogP contribution >= 0.6 is 0 Å². The Bertz CT molecular complexity index is 486. The fourth-order valence-corrected chi connectivity index (χ4v) is 1.58. The van der Waals surface area contributed by atoms with Gasteiger partial charge in [0.25, 0.3) is 0 Å². The molecule has 7 nitrogen and oxygen atoms in total. The van der Waals surface area contributed by atoms with E-state index < -0.39 is 0 Å². The topological polar surface area (TPSA) is 95.7 Å². The van der Waals surface area contributed by atoms with E-state index in [9.17, 15) is 0 Å². The van der Waals surface area contributed by atoms with Crippen molar-refractivity contribution in [1.82, 2.24) is 25.1 Å². The van der Waals surface area contributed by atoms with Crippen molar-refractivity contribution in [3.63, 3.8) is 0 Å². The molecule has 0 aliphatic heterocycles. The molecular formula is C9H14N6O. The van der Waals surface area contributed by atoms with Gasteiger partial charge < -0.3 is 10.3 Å². The minimum absolute atomic E-state index is 0.249. The molecule has 2 N–H and O–H groups in total. The van der Waals surface area contributed by atoms with Gasteiger partial charge in [0.15, 0.2) is 11.6 Å². The highest BCUT2D eigenvalue weighted by Crippen LogP contribution is 2.19. The zero-order valence-corrected chi connectivity index (χ0v) is 9.51. The molecule has 0 spiro atoms. The molecule has 0 aliphatic carbocycles. The van der Waals surface area contributed by atoms with E-state index in [1.54, 1.807) is 11.6 Å². The number of hydrogen-bond acceptors (Lipinski definition) is 6. The molecule has 0 saturated heterocycles. The number of aromatic nitrogens is 5. The highest BCUT2D eigenvalue weighted by atomic mass is 16.5. The lowest BCUT2D eigenvalue weighted by atomic mass is 10.1. The number of rotatable bonds is 3. The van der Waals surface area contributed by atoms with E-state index in [1.165, 1.54) is 0 Å². The molecule has 0 bridgehead atoms. The monoisotopic (exact) mass is 222 g/mol. The molecule has 0 aliphatic rings. The van der Waals surface area contributed by atoms with Gasteiger partial charge in [0.1, 0.15) is 6.54 Å². The van der Waals surface area contributed by atoms with Crippen LogP contribution in [0.25, 0.3) is 0 Å². The van der Waals surface area contributed by atoms with E-state index in [0.717, 1.165) is 5.69 Å². The second kappa shape index (κ2) is 3.92. The first-order valence-electron chi connectivity index (χ1n) is 5.06. The molecule has 0 atom stereocenters. The van der Waals surface area contributed by atoms with Crippen LogP contribution in [0.1, 0.15) is 37.2 Å². The lowest BCUT2D eigenvalue weighted by Crippen LogP contribution is -2.09. The SMILES string of the molecule is Cc1noc(Cn2nnc(N)c2C(C)C)n1. The van der Waals surface area contributed by atoms with Crippen LogP contribution in [0.4, 0.5) is 5.82 Å². The molecule has 2 aromatic heterocycles. The van der Waals surface area contributed by atoms with Gasteiger partial charge in [0.05, 0.1) is 5.69 Å². The molecule has 0 fully saturated rings. The number of nitrogens with zero attached hydrogens (tertiary/aromatic N) is 5. The summed E-state index contributed by atoms with van der Waals surface area (Å²) < 4.78 is 6.71. The van der Waals surface area contributed by atoms with E-state index >= 15 is 0 Å². The zero-order valence-electron chi connectivity index (χ0n) is 9.51. The molecule has 0 unspecified atom stereocenters. The summed E-state index contributed by atoms with van der Waals surface area (Å²) in [6.07, 6.45) is 0. The molecule has 16 heavy (non-hydrogen) atoms. The molecular weight excluding hydrogens is 208 g/mol. The quantitative estimate of drug-likeness (QED) is 0.822. The van der Waals surface area contributed by atoms with Crippen molar-refractivity contribution in [3.05, 3.63) is 17.4 Å². The molecule has 2 rings (SSSR count). The standard InChI is InChI=1S/C9H14N6O/c1-5(2)8-9(10)12-14-15(8)4-7-11-6(3)13-16-7/h5H,4,10H2,1-3H3. The summed E-state index contributed by atoms with van der Waals surface area (Å²) in [6, 6.07) is 0. The Morgan fingerprint density at radius 3 is 2.75 bits per heavy atom. The molecule has 0 radical (unpaired) electrons. The van der Waals surface area contributed by atoms with Gasteiger partial charge in [-0.1, -0.05) is 24.2 Å². The van der Waals surface area contributed by atoms with Crippen molar-refractivity contribution in [2.24, 2.45) is 0 Å². The van der Waals surface area contributed by atoms with Crippen molar-refractivity contribution in [2.45, 2.75) is 33.2 Å². The lowest BCUT2D eigenvalue weighted by molar-refractivity contribution is 0.358. The van der Waals surface area contributed by atoms with Gasteiger partial charge in [-0.05, 0) is 12.8 Å². The third-order valence-corrected chi connectivity index (χ3v) is 2.20. The maximum atomic E-state index is 5.74. The summed E-state index contributed by atoms with van der Waals surface area (Å²) in [7, 11) is 0. The Balaban J connectivity index is 2.28. The highest BCUT2D eigenvalue weighted by Gasteiger charge is 2.15. The van der Waals surface area contributed by atoms with Crippen molar-refractivity contribution < 1.29 is 4.52 Å². The minimum Gasteiger partial charge on any atom is -0.381 e. The first kappa shape index (κ1) is 10.6. The minimum atomic E-state index is 0.249. The Labute approximate surface area is 92.6 Å². The summed E-state index contributed by atoms with van der Waals surface area (Å²) in [5.74, 6) is 1.81. The van der Waals surface area contributed by atoms with Crippen molar-refractivity contribution in [3.8, 4) is 0 Å². The molecule has 86 valence electrons. The largest absolute Gasteiger partial charge is 0.381 e. The summed E-state index contributed by atoms with van der Waals surface area (Å²) in [6.45, 7) is 6.24. The van der Waals surface area contributed by atoms with Crippen LogP contribution in [0.15, 0.2) is 4.52 Å². The molecule has 7 heteroatoms. The second-order valence-electron chi connectivity index (χ2n) is 3.91. The summed E-state index contributed by atoms with van der Waals surface area (Å²) in [4.78, 5) is 4.11. The Hall–Kier alpha value is -1.92. The molecule has 0 amide bonds. The van der Waals surface area contributed by atoms with Crippen LogP contribution in [0.3, 0.4) is 0 Å². The molecule has 0 saturated carbocycles. The molecule has 2 heterocycles. The molecule has 2 aromatic rings. The second-order valence-corrected chi connectivity index (χ2v) is 3.91. The van der Waals surface area contributed by atoms with Crippen LogP contribution in [-0.2, 0) is 6.54 Å². The fourth-order valence-electron chi connectivity index (χ4n) is 1.58. The first-order chi connectivity index (χ1) is 7.58. The van der Waals surface area contributed by atoms with Gasteiger partial charge in [-0.25, -0.2) is 4.68 Å². The summed E-state index contributed by atoms with van der Waals surface area (Å²) >= 11 is 0. The number of nitrogens with two attached hydrogens (primary N) is 1. The van der Waals surface area contributed by atoms with Crippen LogP contribution in [0.5, 0.6) is 0 Å². The van der Waals surface area contributed by atoms with Crippen LogP contribution in [0, 0.1) is 6.92 Å². The Morgan fingerprint density at radius 2 is 2.19 bits per heavy atom. The first-order valence-corrected chi connectivity index (χ1v) is 5.06. The average Bonchev–Trinajstić information content (AvgIpc) is 2.74. The van der Waals surface area contributed by atoms with Crippen molar-refractivity contribution in [2.75, 3.05) is 5.73 Å². The predicted molar refractivity (Wildman–Crippen MR) is 56.7 cm³/mol. The van der Waals surface area contributed by atoms with Gasteiger partial charge in [0, 0.05) is 0 Å². The zero-order chi connectivity index (χ0) is 11.7. The summed E-state index contributed by atoms with van der Waals surface area (Å²) in [5.41, 5.74) is 6.63. The highest BCUT2D eigenvalue weighted by molar-refractivity contribution is 5.35. The smallest absolute Gasteiger partial charge is 0.248 e. The predicted octanol–water partition coefficient (Wildman–Crippen LogP) is 0.723. The normalized spacial score (nSPS) is 11.2. The van der Waals surface area contributed by atoms with Gasteiger partial charge in [0.2, 0.25) is 5.89 Å². The van der Waals surface area contributed by atoms with Gasteiger partial charge in [-0.15, -0.1) is 5.10 Å². The molecule has 0 aromatic carbocycles. The Kier molecular flexibility index (Phi) is 2.59. The third kappa shape index (κ3) is 1.88. The van der Waals surface area contributed by atoms with Crippen molar-refractivity contribution in [1.29, 1.82) is 0 Å².